The molecule has 0 aromatic heterocycles. The minimum atomic E-state index is -1.01. The van der Waals surface area contributed by atoms with Crippen LogP contribution >= 0.6 is 0 Å². The second kappa shape index (κ2) is 7.71. The fraction of sp³-hybridized carbons (Fsp3) is 0.500. The van der Waals surface area contributed by atoms with Crippen molar-refractivity contribution in [2.75, 3.05) is 0 Å². The Morgan fingerprint density at radius 2 is 1.91 bits per heavy atom. The van der Waals surface area contributed by atoms with E-state index >= 15 is 0 Å². The Balaban J connectivity index is 2.76. The van der Waals surface area contributed by atoms with Crippen molar-refractivity contribution in [2.24, 2.45) is 0 Å². The molecule has 7 nitrogen and oxygen atoms in total. The van der Waals surface area contributed by atoms with Crippen molar-refractivity contribution < 1.29 is 24.4 Å². The number of nitrogens with zero attached hydrogens (tertiary/aromatic N) is 1. The summed E-state index contributed by atoms with van der Waals surface area (Å²) in [5, 5.41) is 19.7. The second-order valence-corrected chi connectivity index (χ2v) is 6.22. The lowest BCUT2D eigenvalue weighted by atomic mass is 9.99. The number of nitro groups is 1. The highest BCUT2D eigenvalue weighted by molar-refractivity contribution is 5.71. The van der Waals surface area contributed by atoms with Gasteiger partial charge >= 0.3 is 11.9 Å². The van der Waals surface area contributed by atoms with E-state index in [1.807, 2.05) is 0 Å². The Hall–Kier alpha value is -2.44. The summed E-state index contributed by atoms with van der Waals surface area (Å²) >= 11 is 0. The molecule has 0 saturated heterocycles. The second-order valence-electron chi connectivity index (χ2n) is 6.22. The number of nitro benzene ring substituents is 1. The number of hydrogen-bond donors (Lipinski definition) is 1. The molecule has 0 heterocycles. The molecule has 1 aromatic rings. The van der Waals surface area contributed by atoms with Crippen molar-refractivity contribution in [3.05, 3.63) is 39.4 Å². The monoisotopic (exact) mass is 323 g/mol. The number of aryl methyl sites for hydroxylation is 1. The minimum absolute atomic E-state index is 0.0913. The van der Waals surface area contributed by atoms with E-state index in [-0.39, 0.29) is 24.5 Å². The average Bonchev–Trinajstić information content (AvgIpc) is 2.37. The zero-order valence-corrected chi connectivity index (χ0v) is 13.5. The van der Waals surface area contributed by atoms with Gasteiger partial charge in [-0.25, -0.2) is 0 Å². The zero-order chi connectivity index (χ0) is 17.6. The molecule has 0 spiro atoms. The maximum absolute atomic E-state index is 11.7. The number of carbonyl (C=O) groups is 2. The summed E-state index contributed by atoms with van der Waals surface area (Å²) in [6, 6.07) is 4.11. The summed E-state index contributed by atoms with van der Waals surface area (Å²) < 4.78 is 5.19. The van der Waals surface area contributed by atoms with Crippen molar-refractivity contribution in [2.45, 2.75) is 52.1 Å². The number of rotatable bonds is 7. The van der Waals surface area contributed by atoms with E-state index in [0.717, 1.165) is 0 Å². The quantitative estimate of drug-likeness (QED) is 0.470. The predicted octanol–water partition coefficient (Wildman–Crippen LogP) is 2.89. The van der Waals surface area contributed by atoms with E-state index in [2.05, 4.69) is 0 Å². The first kappa shape index (κ1) is 18.6. The number of aliphatic carboxylic acids is 1. The Morgan fingerprint density at radius 3 is 2.43 bits per heavy atom. The molecule has 0 amide bonds. The van der Waals surface area contributed by atoms with Gasteiger partial charge in [-0.3, -0.25) is 19.7 Å². The fourth-order valence-electron chi connectivity index (χ4n) is 2.11. The van der Waals surface area contributed by atoms with E-state index in [0.29, 0.717) is 24.0 Å². The number of esters is 1. The predicted molar refractivity (Wildman–Crippen MR) is 83.2 cm³/mol. The standard InChI is InChI=1S/C16H21NO6/c1-16(2,3)23-15(20)6-4-5-11-9-13(17(21)22)8-7-12(11)10-14(18)19/h7-9H,4-6,10H2,1-3H3,(H,18,19). The first-order valence-corrected chi connectivity index (χ1v) is 7.28. The fourth-order valence-corrected chi connectivity index (χ4v) is 2.11. The average molecular weight is 323 g/mol. The highest BCUT2D eigenvalue weighted by Crippen LogP contribution is 2.21. The van der Waals surface area contributed by atoms with Crippen LogP contribution < -0.4 is 0 Å². The first-order valence-electron chi connectivity index (χ1n) is 7.28. The van der Waals surface area contributed by atoms with Crippen LogP contribution in [0.1, 0.15) is 44.7 Å². The molecule has 0 aliphatic heterocycles. The third-order valence-electron chi connectivity index (χ3n) is 2.99. The number of carboxylic acids is 1. The molecular weight excluding hydrogens is 302 g/mol. The van der Waals surface area contributed by atoms with E-state index in [1.165, 1.54) is 18.2 Å². The van der Waals surface area contributed by atoms with Gasteiger partial charge in [0.2, 0.25) is 0 Å². The van der Waals surface area contributed by atoms with Gasteiger partial charge in [0.1, 0.15) is 5.60 Å². The van der Waals surface area contributed by atoms with Gasteiger partial charge in [-0.2, -0.15) is 0 Å². The molecule has 7 heteroatoms. The van der Waals surface area contributed by atoms with Crippen LogP contribution in [0.25, 0.3) is 0 Å². The first-order chi connectivity index (χ1) is 10.6. The topological polar surface area (TPSA) is 107 Å². The van der Waals surface area contributed by atoms with Crippen LogP contribution in [0.3, 0.4) is 0 Å². The molecule has 0 aliphatic rings. The number of non-ortho nitro benzene ring substituents is 1. The SMILES string of the molecule is CC(C)(C)OC(=O)CCCc1cc([N+](=O)[O-])ccc1CC(=O)O. The van der Waals surface area contributed by atoms with Gasteiger partial charge in [-0.05, 0) is 44.7 Å². The number of ether oxygens (including phenoxy) is 1. The Morgan fingerprint density at radius 1 is 1.26 bits per heavy atom. The van der Waals surface area contributed by atoms with Gasteiger partial charge in [-0.1, -0.05) is 6.07 Å². The Labute approximate surface area is 134 Å². The molecule has 0 bridgehead atoms. The van der Waals surface area contributed by atoms with Crippen molar-refractivity contribution in [1.29, 1.82) is 0 Å². The van der Waals surface area contributed by atoms with Gasteiger partial charge < -0.3 is 9.84 Å². The smallest absolute Gasteiger partial charge is 0.307 e. The zero-order valence-electron chi connectivity index (χ0n) is 13.5. The molecule has 1 aromatic carbocycles. The van der Waals surface area contributed by atoms with E-state index in [9.17, 15) is 19.7 Å². The van der Waals surface area contributed by atoms with Crippen LogP contribution in [0, 0.1) is 10.1 Å². The summed E-state index contributed by atoms with van der Waals surface area (Å²) in [6.45, 7) is 5.32. The summed E-state index contributed by atoms with van der Waals surface area (Å²) in [5.41, 5.74) is 0.445. The molecule has 0 saturated carbocycles. The Bertz CT molecular complexity index is 603. The van der Waals surface area contributed by atoms with Crippen LogP contribution in [-0.4, -0.2) is 27.6 Å². The third kappa shape index (κ3) is 6.90. The summed E-state index contributed by atoms with van der Waals surface area (Å²) in [4.78, 5) is 32.8. The van der Waals surface area contributed by atoms with Crippen LogP contribution in [0.5, 0.6) is 0 Å². The van der Waals surface area contributed by atoms with Gasteiger partial charge in [-0.15, -0.1) is 0 Å². The third-order valence-corrected chi connectivity index (χ3v) is 2.99. The van der Waals surface area contributed by atoms with Crippen molar-refractivity contribution in [1.82, 2.24) is 0 Å². The molecule has 23 heavy (non-hydrogen) atoms. The number of benzene rings is 1. The summed E-state index contributed by atoms with van der Waals surface area (Å²) in [6.07, 6.45) is 0.776. The van der Waals surface area contributed by atoms with Gasteiger partial charge in [0.05, 0.1) is 11.3 Å². The van der Waals surface area contributed by atoms with Gasteiger partial charge in [0, 0.05) is 18.6 Å². The van der Waals surface area contributed by atoms with E-state index in [1.54, 1.807) is 20.8 Å². The normalized spacial score (nSPS) is 11.1. The van der Waals surface area contributed by atoms with Crippen LogP contribution in [0.4, 0.5) is 5.69 Å². The number of carboxylic acid groups (broad SMARTS) is 1. The summed E-state index contributed by atoms with van der Waals surface area (Å²) in [5.74, 6) is -1.35. The van der Waals surface area contributed by atoms with Crippen LogP contribution in [0.15, 0.2) is 18.2 Å². The minimum Gasteiger partial charge on any atom is -0.481 e. The van der Waals surface area contributed by atoms with E-state index in [4.69, 9.17) is 9.84 Å². The number of carbonyl (C=O) groups excluding carboxylic acids is 1. The molecule has 1 rings (SSSR count). The molecule has 0 radical (unpaired) electrons. The lowest BCUT2D eigenvalue weighted by Crippen LogP contribution is -2.23. The van der Waals surface area contributed by atoms with Crippen LogP contribution in [-0.2, 0) is 27.2 Å². The Kier molecular flexibility index (Phi) is 6.24. The largest absolute Gasteiger partial charge is 0.481 e. The lowest BCUT2D eigenvalue weighted by Gasteiger charge is -2.19. The molecular formula is C16H21NO6. The highest BCUT2D eigenvalue weighted by Gasteiger charge is 2.17. The van der Waals surface area contributed by atoms with Crippen molar-refractivity contribution >= 4 is 17.6 Å². The molecule has 0 atom stereocenters. The van der Waals surface area contributed by atoms with Crippen molar-refractivity contribution in [3.63, 3.8) is 0 Å². The maximum Gasteiger partial charge on any atom is 0.307 e. The maximum atomic E-state index is 11.7. The molecule has 0 unspecified atom stereocenters. The van der Waals surface area contributed by atoms with E-state index < -0.39 is 16.5 Å². The lowest BCUT2D eigenvalue weighted by molar-refractivity contribution is -0.384. The van der Waals surface area contributed by atoms with Gasteiger partial charge in [0.25, 0.3) is 5.69 Å². The molecule has 0 aliphatic carbocycles. The van der Waals surface area contributed by atoms with Crippen LogP contribution in [0.2, 0.25) is 0 Å². The summed E-state index contributed by atoms with van der Waals surface area (Å²) in [7, 11) is 0. The number of hydrogen-bond acceptors (Lipinski definition) is 5. The highest BCUT2D eigenvalue weighted by atomic mass is 16.6. The van der Waals surface area contributed by atoms with Crippen molar-refractivity contribution in [3.8, 4) is 0 Å². The molecule has 126 valence electrons. The van der Waals surface area contributed by atoms with Gasteiger partial charge in [0.15, 0.2) is 0 Å². The molecule has 0 fully saturated rings. The molecule has 1 N–H and O–H groups in total.